The number of ether oxygens (including phenoxy) is 3. The first-order valence-electron chi connectivity index (χ1n) is 11.9. The molecular weight excluding hydrogens is 510 g/mol. The van der Waals surface area contributed by atoms with Gasteiger partial charge in [-0.05, 0) is 36.4 Å². The lowest BCUT2D eigenvalue weighted by Gasteiger charge is -2.28. The zero-order chi connectivity index (χ0) is 27.1. The quantitative estimate of drug-likeness (QED) is 0.445. The number of anilines is 2. The average molecular weight is 540 g/mol. The number of nitrogens with zero attached hydrogens (tertiary/aromatic N) is 2. The van der Waals surface area contributed by atoms with Crippen LogP contribution in [0.15, 0.2) is 77.7 Å². The van der Waals surface area contributed by atoms with Gasteiger partial charge >= 0.3 is 0 Å². The summed E-state index contributed by atoms with van der Waals surface area (Å²) in [5.41, 5.74) is 0.914. The van der Waals surface area contributed by atoms with E-state index in [1.54, 1.807) is 59.5 Å². The Morgan fingerprint density at radius 2 is 1.58 bits per heavy atom. The zero-order valence-corrected chi connectivity index (χ0v) is 21.9. The van der Waals surface area contributed by atoms with Crippen molar-refractivity contribution in [3.63, 3.8) is 0 Å². The standard InChI is InChI=1S/C27H29N3O7S/c1-35-24-13-12-21(18-25(24)36-2)38(33,34)30(20-8-4-3-5-9-20)19-26(31)28-23-11-7-6-10-22(23)27(32)29-14-16-37-17-15-29/h3-13,18H,14-17,19H2,1-2H3,(H,28,31). The van der Waals surface area contributed by atoms with Crippen LogP contribution in [-0.2, 0) is 19.6 Å². The molecule has 1 aliphatic rings. The number of para-hydroxylation sites is 2. The van der Waals surface area contributed by atoms with Crippen molar-refractivity contribution in [1.82, 2.24) is 4.90 Å². The van der Waals surface area contributed by atoms with Crippen molar-refractivity contribution in [2.45, 2.75) is 4.90 Å². The first kappa shape index (κ1) is 27.0. The van der Waals surface area contributed by atoms with Crippen molar-refractivity contribution in [3.05, 3.63) is 78.4 Å². The molecule has 1 N–H and O–H groups in total. The summed E-state index contributed by atoms with van der Waals surface area (Å²) >= 11 is 0. The number of amides is 2. The molecule has 200 valence electrons. The van der Waals surface area contributed by atoms with E-state index in [9.17, 15) is 18.0 Å². The van der Waals surface area contributed by atoms with Crippen LogP contribution in [0.5, 0.6) is 11.5 Å². The van der Waals surface area contributed by atoms with Gasteiger partial charge in [0.1, 0.15) is 6.54 Å². The average Bonchev–Trinajstić information content (AvgIpc) is 2.96. The summed E-state index contributed by atoms with van der Waals surface area (Å²) in [5.74, 6) is -0.235. The largest absolute Gasteiger partial charge is 0.493 e. The Kier molecular flexibility index (Phi) is 8.49. The second-order valence-electron chi connectivity index (χ2n) is 8.36. The number of sulfonamides is 1. The van der Waals surface area contributed by atoms with E-state index in [1.807, 2.05) is 0 Å². The molecule has 38 heavy (non-hydrogen) atoms. The Morgan fingerprint density at radius 1 is 0.921 bits per heavy atom. The van der Waals surface area contributed by atoms with Gasteiger partial charge in [0.2, 0.25) is 5.91 Å². The fourth-order valence-electron chi connectivity index (χ4n) is 4.05. The number of methoxy groups -OCH3 is 2. The van der Waals surface area contributed by atoms with E-state index in [1.165, 1.54) is 32.4 Å². The molecule has 0 saturated carbocycles. The molecule has 3 aromatic carbocycles. The third-order valence-corrected chi connectivity index (χ3v) is 7.77. The van der Waals surface area contributed by atoms with Gasteiger partial charge in [-0.3, -0.25) is 13.9 Å². The molecule has 1 fully saturated rings. The van der Waals surface area contributed by atoms with E-state index in [0.29, 0.717) is 49.0 Å². The number of morpholine rings is 1. The van der Waals surface area contributed by atoms with Crippen LogP contribution in [0.3, 0.4) is 0 Å². The Bertz CT molecular complexity index is 1390. The van der Waals surface area contributed by atoms with Crippen LogP contribution in [0.4, 0.5) is 11.4 Å². The van der Waals surface area contributed by atoms with E-state index in [-0.39, 0.29) is 16.6 Å². The van der Waals surface area contributed by atoms with Gasteiger partial charge in [0, 0.05) is 19.2 Å². The van der Waals surface area contributed by atoms with E-state index >= 15 is 0 Å². The maximum Gasteiger partial charge on any atom is 0.264 e. The van der Waals surface area contributed by atoms with Crippen LogP contribution >= 0.6 is 0 Å². The molecular formula is C27H29N3O7S. The van der Waals surface area contributed by atoms with Crippen molar-refractivity contribution in [2.24, 2.45) is 0 Å². The fraction of sp³-hybridized carbons (Fsp3) is 0.259. The summed E-state index contributed by atoms with van der Waals surface area (Å²) in [6, 6.07) is 19.2. The van der Waals surface area contributed by atoms with Crippen molar-refractivity contribution >= 4 is 33.2 Å². The molecule has 3 aromatic rings. The molecule has 2 amide bonds. The van der Waals surface area contributed by atoms with E-state index in [2.05, 4.69) is 5.32 Å². The highest BCUT2D eigenvalue weighted by Crippen LogP contribution is 2.32. The number of rotatable bonds is 9. The number of nitrogens with one attached hydrogen (secondary N) is 1. The van der Waals surface area contributed by atoms with Gasteiger partial charge in [-0.2, -0.15) is 0 Å². The van der Waals surface area contributed by atoms with Gasteiger partial charge in [0.05, 0.1) is 49.3 Å². The predicted molar refractivity (Wildman–Crippen MR) is 142 cm³/mol. The maximum absolute atomic E-state index is 13.7. The lowest BCUT2D eigenvalue weighted by Crippen LogP contribution is -2.41. The number of benzene rings is 3. The summed E-state index contributed by atoms with van der Waals surface area (Å²) in [5, 5.41) is 2.73. The van der Waals surface area contributed by atoms with Crippen molar-refractivity contribution in [2.75, 3.05) is 56.7 Å². The molecule has 1 saturated heterocycles. The van der Waals surface area contributed by atoms with Crippen LogP contribution in [0.25, 0.3) is 0 Å². The molecule has 0 atom stereocenters. The highest BCUT2D eigenvalue weighted by atomic mass is 32.2. The minimum atomic E-state index is -4.19. The lowest BCUT2D eigenvalue weighted by atomic mass is 10.1. The first-order chi connectivity index (χ1) is 18.3. The Labute approximate surface area is 221 Å². The summed E-state index contributed by atoms with van der Waals surface area (Å²) in [6.45, 7) is 1.26. The fourth-order valence-corrected chi connectivity index (χ4v) is 5.49. The maximum atomic E-state index is 13.7. The van der Waals surface area contributed by atoms with E-state index in [4.69, 9.17) is 14.2 Å². The second kappa shape index (κ2) is 12.0. The van der Waals surface area contributed by atoms with E-state index < -0.39 is 22.5 Å². The normalized spacial score (nSPS) is 13.5. The summed E-state index contributed by atoms with van der Waals surface area (Å²) < 4.78 is 44.3. The van der Waals surface area contributed by atoms with Gasteiger partial charge in [-0.1, -0.05) is 30.3 Å². The van der Waals surface area contributed by atoms with Crippen LogP contribution in [0.1, 0.15) is 10.4 Å². The topological polar surface area (TPSA) is 114 Å². The minimum Gasteiger partial charge on any atom is -0.493 e. The third-order valence-electron chi connectivity index (χ3n) is 6.00. The highest BCUT2D eigenvalue weighted by molar-refractivity contribution is 7.92. The van der Waals surface area contributed by atoms with Gasteiger partial charge in [-0.15, -0.1) is 0 Å². The third kappa shape index (κ3) is 5.90. The highest BCUT2D eigenvalue weighted by Gasteiger charge is 2.29. The van der Waals surface area contributed by atoms with Crippen LogP contribution in [-0.4, -0.2) is 72.2 Å². The predicted octanol–water partition coefficient (Wildman–Crippen LogP) is 3.01. The smallest absolute Gasteiger partial charge is 0.264 e. The number of hydrogen-bond donors (Lipinski definition) is 1. The SMILES string of the molecule is COc1ccc(S(=O)(=O)N(CC(=O)Nc2ccccc2C(=O)N2CCOCC2)c2ccccc2)cc1OC. The molecule has 0 unspecified atom stereocenters. The first-order valence-corrected chi connectivity index (χ1v) is 13.3. The molecule has 0 radical (unpaired) electrons. The molecule has 4 rings (SSSR count). The van der Waals surface area contributed by atoms with Crippen LogP contribution in [0.2, 0.25) is 0 Å². The summed E-state index contributed by atoms with van der Waals surface area (Å²) in [7, 11) is -1.33. The van der Waals surface area contributed by atoms with Gasteiger partial charge in [0.15, 0.2) is 11.5 Å². The molecule has 0 spiro atoms. The van der Waals surface area contributed by atoms with E-state index in [0.717, 1.165) is 4.31 Å². The molecule has 0 aromatic heterocycles. The zero-order valence-electron chi connectivity index (χ0n) is 21.1. The lowest BCUT2D eigenvalue weighted by molar-refractivity contribution is -0.114. The Balaban J connectivity index is 1.62. The molecule has 1 heterocycles. The van der Waals surface area contributed by atoms with Crippen molar-refractivity contribution in [1.29, 1.82) is 0 Å². The summed E-state index contributed by atoms with van der Waals surface area (Å²) in [4.78, 5) is 27.9. The van der Waals surface area contributed by atoms with Gasteiger partial charge < -0.3 is 24.4 Å². The number of carbonyl (C=O) groups is 2. The van der Waals surface area contributed by atoms with Gasteiger partial charge in [0.25, 0.3) is 15.9 Å². The van der Waals surface area contributed by atoms with Crippen LogP contribution < -0.4 is 19.1 Å². The second-order valence-corrected chi connectivity index (χ2v) is 10.2. The van der Waals surface area contributed by atoms with Crippen LogP contribution in [0, 0.1) is 0 Å². The molecule has 0 aliphatic carbocycles. The van der Waals surface area contributed by atoms with Crippen molar-refractivity contribution < 1.29 is 32.2 Å². The molecule has 10 nitrogen and oxygen atoms in total. The Hall–Kier alpha value is -4.09. The number of hydrogen-bond acceptors (Lipinski definition) is 7. The monoisotopic (exact) mass is 539 g/mol. The molecule has 1 aliphatic heterocycles. The Morgan fingerprint density at radius 3 is 2.26 bits per heavy atom. The minimum absolute atomic E-state index is 0.0744. The molecule has 11 heteroatoms. The number of carbonyl (C=O) groups excluding carboxylic acids is 2. The molecule has 0 bridgehead atoms. The summed E-state index contributed by atoms with van der Waals surface area (Å²) in [6.07, 6.45) is 0. The van der Waals surface area contributed by atoms with Gasteiger partial charge in [-0.25, -0.2) is 8.42 Å². The van der Waals surface area contributed by atoms with Crippen molar-refractivity contribution in [3.8, 4) is 11.5 Å².